The molecular formula is C15H16ClN3O2. The molecule has 1 N–H and O–H groups in total. The maximum Gasteiger partial charge on any atom is 0.270 e. The third-order valence-electron chi connectivity index (χ3n) is 4.45. The highest BCUT2D eigenvalue weighted by atomic mass is 35.5. The van der Waals surface area contributed by atoms with E-state index in [1.165, 1.54) is 19.2 Å². The third kappa shape index (κ3) is 2.40. The summed E-state index contributed by atoms with van der Waals surface area (Å²) in [7, 11) is 0. The second-order valence-corrected chi connectivity index (χ2v) is 6.38. The van der Waals surface area contributed by atoms with Crippen LogP contribution in [0.2, 0.25) is 5.02 Å². The minimum Gasteiger partial charge on any atom is -0.461 e. The monoisotopic (exact) mass is 305 g/mol. The minimum absolute atomic E-state index is 0.137. The zero-order chi connectivity index (χ0) is 14.4. The zero-order valence-corrected chi connectivity index (χ0v) is 12.3. The van der Waals surface area contributed by atoms with Crippen LogP contribution in [0.3, 0.4) is 0 Å². The topological polar surface area (TPSA) is 58.4 Å². The fourth-order valence-electron chi connectivity index (χ4n) is 3.45. The fourth-order valence-corrected chi connectivity index (χ4v) is 3.64. The van der Waals surface area contributed by atoms with Crippen molar-refractivity contribution in [1.29, 1.82) is 0 Å². The van der Waals surface area contributed by atoms with Gasteiger partial charge in [0.15, 0.2) is 5.58 Å². The highest BCUT2D eigenvalue weighted by molar-refractivity contribution is 6.35. The van der Waals surface area contributed by atoms with Gasteiger partial charge in [-0.2, -0.15) is 0 Å². The lowest BCUT2D eigenvalue weighted by atomic mass is 9.97. The average molecular weight is 306 g/mol. The van der Waals surface area contributed by atoms with Crippen LogP contribution in [0, 0.1) is 5.92 Å². The Morgan fingerprint density at radius 2 is 2.38 bits per heavy atom. The molecule has 4 rings (SSSR count). The molecule has 2 aliphatic heterocycles. The van der Waals surface area contributed by atoms with Crippen LogP contribution >= 0.6 is 11.6 Å². The number of nitrogens with one attached hydrogen (secondary N) is 1. The van der Waals surface area contributed by atoms with Crippen molar-refractivity contribution in [3.63, 3.8) is 0 Å². The van der Waals surface area contributed by atoms with E-state index in [4.69, 9.17) is 16.0 Å². The molecule has 110 valence electrons. The number of fused-ring (bicyclic) bond motifs is 3. The van der Waals surface area contributed by atoms with Crippen molar-refractivity contribution in [3.8, 4) is 0 Å². The Kier molecular flexibility index (Phi) is 3.12. The van der Waals surface area contributed by atoms with Gasteiger partial charge in [0.1, 0.15) is 12.0 Å². The molecule has 4 heterocycles. The number of aromatic nitrogens is 1. The second kappa shape index (κ2) is 5.00. The van der Waals surface area contributed by atoms with Gasteiger partial charge < -0.3 is 14.6 Å². The Bertz CT molecular complexity index is 687. The number of halogens is 1. The summed E-state index contributed by atoms with van der Waals surface area (Å²) in [5, 5.41) is 4.32. The number of furan rings is 1. The predicted molar refractivity (Wildman–Crippen MR) is 79.4 cm³/mol. The van der Waals surface area contributed by atoms with E-state index in [1.807, 2.05) is 0 Å². The fraction of sp³-hybridized carbons (Fsp3) is 0.467. The largest absolute Gasteiger partial charge is 0.461 e. The normalized spacial score (nSPS) is 28.0. The molecule has 2 saturated heterocycles. The smallest absolute Gasteiger partial charge is 0.270 e. The first kappa shape index (κ1) is 13.1. The number of nitrogens with zero attached hydrogens (tertiary/aromatic N) is 2. The molecule has 6 heteroatoms. The van der Waals surface area contributed by atoms with E-state index in [0.29, 0.717) is 16.3 Å². The van der Waals surface area contributed by atoms with Crippen LogP contribution in [0.4, 0.5) is 0 Å². The molecule has 21 heavy (non-hydrogen) atoms. The molecule has 0 aliphatic carbocycles. The molecule has 2 bridgehead atoms. The highest BCUT2D eigenvalue weighted by Crippen LogP contribution is 2.27. The SMILES string of the molecule is O=C(N[C@@H]1C[C@H]2CCN(C2)C1)c1cc2c(Cl)coc2cn1. The van der Waals surface area contributed by atoms with Crippen molar-refractivity contribution >= 4 is 28.5 Å². The van der Waals surface area contributed by atoms with Crippen LogP contribution in [0.1, 0.15) is 23.3 Å². The van der Waals surface area contributed by atoms with E-state index in [2.05, 4.69) is 15.2 Å². The number of amides is 1. The van der Waals surface area contributed by atoms with E-state index < -0.39 is 0 Å². The van der Waals surface area contributed by atoms with Crippen LogP contribution in [-0.2, 0) is 0 Å². The number of pyridine rings is 1. The molecular weight excluding hydrogens is 290 g/mol. The van der Waals surface area contributed by atoms with E-state index in [-0.39, 0.29) is 11.9 Å². The first-order chi connectivity index (χ1) is 10.2. The summed E-state index contributed by atoms with van der Waals surface area (Å²) in [5.41, 5.74) is 0.983. The Balaban J connectivity index is 1.52. The van der Waals surface area contributed by atoms with Gasteiger partial charge in [-0.15, -0.1) is 0 Å². The molecule has 2 aliphatic rings. The summed E-state index contributed by atoms with van der Waals surface area (Å²) < 4.78 is 5.24. The number of piperidine rings is 1. The Morgan fingerprint density at radius 3 is 3.24 bits per heavy atom. The summed E-state index contributed by atoms with van der Waals surface area (Å²) >= 11 is 6.03. The van der Waals surface area contributed by atoms with Gasteiger partial charge in [0, 0.05) is 24.5 Å². The van der Waals surface area contributed by atoms with Crippen LogP contribution < -0.4 is 5.32 Å². The standard InChI is InChI=1S/C15H16ClN3O2/c16-12-8-21-14-5-17-13(4-11(12)14)15(20)18-10-3-9-1-2-19(6-9)7-10/h4-5,8-10H,1-3,6-7H2,(H,18,20)/t9-,10-/m1/s1. The summed E-state index contributed by atoms with van der Waals surface area (Å²) in [6, 6.07) is 1.91. The molecule has 0 aromatic carbocycles. The summed E-state index contributed by atoms with van der Waals surface area (Å²) in [6.45, 7) is 3.28. The molecule has 0 radical (unpaired) electrons. The second-order valence-electron chi connectivity index (χ2n) is 5.97. The molecule has 2 fully saturated rings. The maximum atomic E-state index is 12.4. The Hall–Kier alpha value is -1.59. The first-order valence-corrected chi connectivity index (χ1v) is 7.63. The van der Waals surface area contributed by atoms with Gasteiger partial charge >= 0.3 is 0 Å². The van der Waals surface area contributed by atoms with Crippen LogP contribution in [0.25, 0.3) is 11.0 Å². The maximum absolute atomic E-state index is 12.4. The molecule has 1 unspecified atom stereocenters. The number of hydrogen-bond donors (Lipinski definition) is 1. The molecule has 0 saturated carbocycles. The number of carbonyl (C=O) groups excluding carboxylic acids is 1. The van der Waals surface area contributed by atoms with Crippen LogP contribution in [0.5, 0.6) is 0 Å². The van der Waals surface area contributed by atoms with E-state index in [0.717, 1.165) is 30.8 Å². The van der Waals surface area contributed by atoms with Crippen molar-refractivity contribution in [3.05, 3.63) is 29.2 Å². The minimum atomic E-state index is -0.137. The van der Waals surface area contributed by atoms with Gasteiger partial charge in [0.05, 0.1) is 11.2 Å². The van der Waals surface area contributed by atoms with E-state index in [9.17, 15) is 4.79 Å². The lowest BCUT2D eigenvalue weighted by Gasteiger charge is -2.30. The summed E-state index contributed by atoms with van der Waals surface area (Å²) in [4.78, 5) is 18.9. The first-order valence-electron chi connectivity index (χ1n) is 7.25. The predicted octanol–water partition coefficient (Wildman–Crippen LogP) is 2.31. The summed E-state index contributed by atoms with van der Waals surface area (Å²) in [5.74, 6) is 0.587. The van der Waals surface area contributed by atoms with Crippen molar-refractivity contribution in [2.45, 2.75) is 18.9 Å². The highest BCUT2D eigenvalue weighted by Gasteiger charge is 2.33. The summed E-state index contributed by atoms with van der Waals surface area (Å²) in [6.07, 6.45) is 5.32. The molecule has 0 spiro atoms. The Labute approximate surface area is 127 Å². The third-order valence-corrected chi connectivity index (χ3v) is 4.74. The lowest BCUT2D eigenvalue weighted by Crippen LogP contribution is -2.47. The quantitative estimate of drug-likeness (QED) is 0.925. The van der Waals surface area contributed by atoms with Crippen molar-refractivity contribution in [2.24, 2.45) is 5.92 Å². The molecule has 5 nitrogen and oxygen atoms in total. The number of carbonyl (C=O) groups is 1. The van der Waals surface area contributed by atoms with Gasteiger partial charge in [-0.25, -0.2) is 4.98 Å². The average Bonchev–Trinajstić information content (AvgIpc) is 3.02. The molecule has 2 aromatic heterocycles. The van der Waals surface area contributed by atoms with Gasteiger partial charge in [-0.3, -0.25) is 4.79 Å². The van der Waals surface area contributed by atoms with E-state index >= 15 is 0 Å². The van der Waals surface area contributed by atoms with E-state index in [1.54, 1.807) is 12.3 Å². The van der Waals surface area contributed by atoms with Gasteiger partial charge in [-0.1, -0.05) is 11.6 Å². The molecule has 2 aromatic rings. The van der Waals surface area contributed by atoms with Crippen LogP contribution in [-0.4, -0.2) is 41.5 Å². The van der Waals surface area contributed by atoms with Crippen LogP contribution in [0.15, 0.2) is 22.9 Å². The van der Waals surface area contributed by atoms with Crippen molar-refractivity contribution < 1.29 is 9.21 Å². The molecule has 3 atom stereocenters. The lowest BCUT2D eigenvalue weighted by molar-refractivity contribution is 0.0904. The zero-order valence-electron chi connectivity index (χ0n) is 11.5. The Morgan fingerprint density at radius 1 is 1.48 bits per heavy atom. The van der Waals surface area contributed by atoms with Gasteiger partial charge in [0.2, 0.25) is 0 Å². The van der Waals surface area contributed by atoms with Crippen molar-refractivity contribution in [2.75, 3.05) is 19.6 Å². The van der Waals surface area contributed by atoms with Crippen molar-refractivity contribution in [1.82, 2.24) is 15.2 Å². The number of hydrogen-bond acceptors (Lipinski definition) is 4. The number of rotatable bonds is 2. The van der Waals surface area contributed by atoms with Gasteiger partial charge in [0.25, 0.3) is 5.91 Å². The van der Waals surface area contributed by atoms with Gasteiger partial charge in [-0.05, 0) is 31.4 Å². The molecule has 1 amide bonds.